The monoisotopic (exact) mass is 397 g/mol. The highest BCUT2D eigenvalue weighted by molar-refractivity contribution is 7.22. The summed E-state index contributed by atoms with van der Waals surface area (Å²) >= 11 is 1.48. The first-order valence-corrected chi connectivity index (χ1v) is 10.2. The Hall–Kier alpha value is -2.78. The number of aromatic nitrogens is 3. The third-order valence-corrected chi connectivity index (χ3v) is 5.61. The molecule has 2 aromatic heterocycles. The molecule has 0 bridgehead atoms. The zero-order valence-electron chi connectivity index (χ0n) is 15.5. The molecule has 1 aliphatic heterocycles. The predicted octanol–water partition coefficient (Wildman–Crippen LogP) is 2.42. The number of hydrogen-bond acceptors (Lipinski definition) is 7. The van der Waals surface area contributed by atoms with Gasteiger partial charge in [-0.15, -0.1) is 0 Å². The number of fused-ring (bicyclic) bond motifs is 1. The molecule has 0 unspecified atom stereocenters. The minimum atomic E-state index is -0.204. The Morgan fingerprint density at radius 1 is 1.07 bits per heavy atom. The van der Waals surface area contributed by atoms with Crippen molar-refractivity contribution in [1.82, 2.24) is 25.2 Å². The van der Waals surface area contributed by atoms with Gasteiger partial charge in [0, 0.05) is 45.1 Å². The highest BCUT2D eigenvalue weighted by Gasteiger charge is 2.18. The maximum absolute atomic E-state index is 12.1. The molecule has 28 heavy (non-hydrogen) atoms. The van der Waals surface area contributed by atoms with Crippen LogP contribution in [0, 0.1) is 0 Å². The predicted molar refractivity (Wildman–Crippen MR) is 112 cm³/mol. The van der Waals surface area contributed by atoms with Crippen LogP contribution >= 0.6 is 11.3 Å². The molecule has 3 aromatic rings. The van der Waals surface area contributed by atoms with Crippen molar-refractivity contribution in [2.75, 3.05) is 49.5 Å². The molecule has 4 rings (SSSR count). The van der Waals surface area contributed by atoms with Gasteiger partial charge in [0.25, 0.3) is 0 Å². The van der Waals surface area contributed by atoms with Gasteiger partial charge in [-0.3, -0.25) is 10.2 Å². The number of hydrogen-bond donors (Lipinski definition) is 2. The Labute approximate surface area is 167 Å². The smallest absolute Gasteiger partial charge is 0.321 e. The zero-order valence-corrected chi connectivity index (χ0v) is 16.4. The van der Waals surface area contributed by atoms with Crippen LogP contribution in [0.1, 0.15) is 6.42 Å². The summed E-state index contributed by atoms with van der Waals surface area (Å²) in [5, 5.41) is 6.35. The summed E-state index contributed by atoms with van der Waals surface area (Å²) < 4.78 is 1.07. The standard InChI is InChI=1S/C19H23N7OS/c27-18(24-19-23-15-5-1-2-6-16(15)28-19)22-9-4-10-25-11-13-26(14-12-25)17-20-7-3-8-21-17/h1-3,5-8H,4,9-14H2,(H2,22,23,24,27). The number of carbonyl (C=O) groups excluding carboxylic acids is 1. The van der Waals surface area contributed by atoms with Gasteiger partial charge in [0.2, 0.25) is 5.95 Å². The van der Waals surface area contributed by atoms with Gasteiger partial charge in [0.1, 0.15) is 0 Å². The van der Waals surface area contributed by atoms with E-state index in [1.807, 2.05) is 30.3 Å². The number of rotatable bonds is 6. The van der Waals surface area contributed by atoms with E-state index in [1.165, 1.54) is 11.3 Å². The largest absolute Gasteiger partial charge is 0.338 e. The average molecular weight is 398 g/mol. The molecular weight excluding hydrogens is 374 g/mol. The number of para-hydroxylation sites is 1. The van der Waals surface area contributed by atoms with Crippen molar-refractivity contribution in [3.63, 3.8) is 0 Å². The van der Waals surface area contributed by atoms with Crippen LogP contribution in [0.4, 0.5) is 15.9 Å². The summed E-state index contributed by atoms with van der Waals surface area (Å²) in [6, 6.07) is 9.48. The Balaban J connectivity index is 1.14. The molecule has 0 radical (unpaired) electrons. The third kappa shape index (κ3) is 4.73. The Bertz CT molecular complexity index is 876. The van der Waals surface area contributed by atoms with Gasteiger partial charge in [-0.25, -0.2) is 19.7 Å². The van der Waals surface area contributed by atoms with Gasteiger partial charge < -0.3 is 10.2 Å². The van der Waals surface area contributed by atoms with Crippen LogP contribution in [0.3, 0.4) is 0 Å². The van der Waals surface area contributed by atoms with Crippen LogP contribution in [-0.2, 0) is 0 Å². The average Bonchev–Trinajstić information content (AvgIpc) is 3.14. The molecule has 0 aliphatic carbocycles. The van der Waals surface area contributed by atoms with Gasteiger partial charge in [-0.1, -0.05) is 23.5 Å². The molecule has 0 spiro atoms. The molecular formula is C19H23N7OS. The first-order chi connectivity index (χ1) is 13.8. The molecule has 3 heterocycles. The van der Waals surface area contributed by atoms with E-state index in [1.54, 1.807) is 12.4 Å². The van der Waals surface area contributed by atoms with Gasteiger partial charge in [0.05, 0.1) is 10.2 Å². The van der Waals surface area contributed by atoms with E-state index in [-0.39, 0.29) is 6.03 Å². The molecule has 9 heteroatoms. The molecule has 1 aromatic carbocycles. The van der Waals surface area contributed by atoms with Crippen molar-refractivity contribution in [2.24, 2.45) is 0 Å². The van der Waals surface area contributed by atoms with Gasteiger partial charge in [-0.05, 0) is 31.2 Å². The van der Waals surface area contributed by atoms with Crippen LogP contribution in [0.25, 0.3) is 10.2 Å². The second-order valence-electron chi connectivity index (χ2n) is 6.60. The second kappa shape index (κ2) is 8.94. The maximum atomic E-state index is 12.1. The molecule has 1 aliphatic rings. The van der Waals surface area contributed by atoms with Gasteiger partial charge in [-0.2, -0.15) is 0 Å². The fourth-order valence-corrected chi connectivity index (χ4v) is 4.06. The number of nitrogens with one attached hydrogen (secondary N) is 2. The number of amides is 2. The summed E-state index contributed by atoms with van der Waals surface area (Å²) in [6.45, 7) is 5.42. The van der Waals surface area contributed by atoms with Crippen molar-refractivity contribution in [2.45, 2.75) is 6.42 Å². The molecule has 0 saturated carbocycles. The number of nitrogens with zero attached hydrogens (tertiary/aromatic N) is 5. The van der Waals surface area contributed by atoms with Gasteiger partial charge in [0.15, 0.2) is 5.13 Å². The molecule has 2 N–H and O–H groups in total. The summed E-state index contributed by atoms with van der Waals surface area (Å²) in [6.07, 6.45) is 4.47. The van der Waals surface area contributed by atoms with Crippen LogP contribution in [-0.4, -0.2) is 65.2 Å². The highest BCUT2D eigenvalue weighted by Crippen LogP contribution is 2.25. The normalized spacial score (nSPS) is 14.9. The first-order valence-electron chi connectivity index (χ1n) is 9.43. The van der Waals surface area contributed by atoms with Crippen LogP contribution in [0.5, 0.6) is 0 Å². The molecule has 1 saturated heterocycles. The fraction of sp³-hybridized carbons (Fsp3) is 0.368. The quantitative estimate of drug-likeness (QED) is 0.622. The van der Waals surface area contributed by atoms with E-state index in [9.17, 15) is 4.79 Å². The van der Waals surface area contributed by atoms with E-state index >= 15 is 0 Å². The van der Waals surface area contributed by atoms with E-state index in [0.29, 0.717) is 11.7 Å². The SMILES string of the molecule is O=C(NCCCN1CCN(c2ncccn2)CC1)Nc1nc2ccccc2s1. The molecule has 8 nitrogen and oxygen atoms in total. The van der Waals surface area contributed by atoms with Crippen LogP contribution < -0.4 is 15.5 Å². The second-order valence-corrected chi connectivity index (χ2v) is 7.63. The van der Waals surface area contributed by atoms with E-state index < -0.39 is 0 Å². The van der Waals surface area contributed by atoms with E-state index in [4.69, 9.17) is 0 Å². The molecule has 2 amide bonds. The number of urea groups is 1. The lowest BCUT2D eigenvalue weighted by Crippen LogP contribution is -2.47. The van der Waals surface area contributed by atoms with Crippen LogP contribution in [0.2, 0.25) is 0 Å². The lowest BCUT2D eigenvalue weighted by molar-refractivity contribution is 0.244. The van der Waals surface area contributed by atoms with E-state index in [0.717, 1.165) is 55.3 Å². The Kier molecular flexibility index (Phi) is 5.93. The van der Waals surface area contributed by atoms with Crippen molar-refractivity contribution >= 4 is 38.7 Å². The number of piperazine rings is 1. The zero-order chi connectivity index (χ0) is 19.2. The Morgan fingerprint density at radius 3 is 2.64 bits per heavy atom. The number of thiazole rings is 1. The van der Waals surface area contributed by atoms with Crippen molar-refractivity contribution in [3.8, 4) is 0 Å². The van der Waals surface area contributed by atoms with Crippen LogP contribution in [0.15, 0.2) is 42.7 Å². The summed E-state index contributed by atoms with van der Waals surface area (Å²) in [4.78, 5) is 29.7. The molecule has 146 valence electrons. The van der Waals surface area contributed by atoms with Crippen molar-refractivity contribution in [1.29, 1.82) is 0 Å². The number of anilines is 2. The number of carbonyl (C=O) groups is 1. The summed E-state index contributed by atoms with van der Waals surface area (Å²) in [5.74, 6) is 0.801. The lowest BCUT2D eigenvalue weighted by Gasteiger charge is -2.34. The third-order valence-electron chi connectivity index (χ3n) is 4.66. The lowest BCUT2D eigenvalue weighted by atomic mass is 10.3. The maximum Gasteiger partial charge on any atom is 0.321 e. The Morgan fingerprint density at radius 2 is 1.86 bits per heavy atom. The van der Waals surface area contributed by atoms with Gasteiger partial charge >= 0.3 is 6.03 Å². The highest BCUT2D eigenvalue weighted by atomic mass is 32.1. The topological polar surface area (TPSA) is 86.3 Å². The van der Waals surface area contributed by atoms with E-state index in [2.05, 4.69) is 35.4 Å². The first kappa shape index (κ1) is 18.6. The summed E-state index contributed by atoms with van der Waals surface area (Å²) in [5.41, 5.74) is 0.905. The van der Waals surface area contributed by atoms with Crippen molar-refractivity contribution in [3.05, 3.63) is 42.7 Å². The molecule has 1 fully saturated rings. The fourth-order valence-electron chi connectivity index (χ4n) is 3.20. The number of benzene rings is 1. The summed E-state index contributed by atoms with van der Waals surface area (Å²) in [7, 11) is 0. The minimum Gasteiger partial charge on any atom is -0.338 e. The van der Waals surface area contributed by atoms with Crippen molar-refractivity contribution < 1.29 is 4.79 Å². The molecule has 0 atom stereocenters. The minimum absolute atomic E-state index is 0.204.